The molecule has 8 rings (SSSR count). The molecule has 0 aromatic heterocycles. The lowest BCUT2D eigenvalue weighted by Gasteiger charge is -2.14. The summed E-state index contributed by atoms with van der Waals surface area (Å²) in [6.45, 7) is 8.89. The quantitative estimate of drug-likeness (QED) is 0.191. The van der Waals surface area contributed by atoms with Crippen molar-refractivity contribution < 1.29 is 0 Å². The monoisotopic (exact) mass is 540 g/mol. The van der Waals surface area contributed by atoms with Gasteiger partial charge in [0, 0.05) is 0 Å². The number of fused-ring (bicyclic) bond motifs is 12. The van der Waals surface area contributed by atoms with Gasteiger partial charge in [-0.15, -0.1) is 0 Å². The van der Waals surface area contributed by atoms with E-state index in [9.17, 15) is 0 Å². The molecule has 0 saturated carbocycles. The standard InChI is InChI=1S/C22H20.C20H16/c1-3-15(2)16-12-13-21-19-10-5-4-8-17(19)18-9-6-7-11-20(18)22(21)14-16;1-13-7-9-17-18-10-8-14(2)12-20(18)16-6-4-3-5-15(16)19(17)11-13/h4-15H,3H2,1-2H3;3-12H,1-2H3. The Morgan fingerprint density at radius 1 is 0.381 bits per heavy atom. The van der Waals surface area contributed by atoms with Gasteiger partial charge < -0.3 is 0 Å². The number of aryl methyl sites for hydroxylation is 2. The Morgan fingerprint density at radius 2 is 0.690 bits per heavy atom. The van der Waals surface area contributed by atoms with E-state index in [4.69, 9.17) is 0 Å². The SMILES string of the molecule is CCC(C)c1ccc2c3ccccc3c3ccccc3c2c1.Cc1ccc2c3ccc(C)cc3c3ccccc3c2c1. The molecular weight excluding hydrogens is 504 g/mol. The third kappa shape index (κ3) is 4.39. The first-order valence-corrected chi connectivity index (χ1v) is 15.2. The Kier molecular flexibility index (Phi) is 6.63. The van der Waals surface area contributed by atoms with Gasteiger partial charge in [-0.25, -0.2) is 0 Å². The van der Waals surface area contributed by atoms with Gasteiger partial charge in [0.05, 0.1) is 0 Å². The Bertz CT molecular complexity index is 2130. The predicted octanol–water partition coefficient (Wildman–Crippen LogP) is 12.4. The van der Waals surface area contributed by atoms with Crippen LogP contribution in [0.15, 0.2) is 127 Å². The molecule has 0 aliphatic rings. The summed E-state index contributed by atoms with van der Waals surface area (Å²) in [5.41, 5.74) is 4.07. The van der Waals surface area contributed by atoms with Gasteiger partial charge in [0.15, 0.2) is 0 Å². The molecule has 0 aliphatic heterocycles. The minimum atomic E-state index is 0.606. The van der Waals surface area contributed by atoms with Crippen LogP contribution in [-0.2, 0) is 0 Å². The molecule has 42 heavy (non-hydrogen) atoms. The van der Waals surface area contributed by atoms with Crippen LogP contribution in [0.4, 0.5) is 0 Å². The highest BCUT2D eigenvalue weighted by Gasteiger charge is 2.11. The summed E-state index contributed by atoms with van der Waals surface area (Å²) in [6.07, 6.45) is 1.18. The Balaban J connectivity index is 0.000000138. The van der Waals surface area contributed by atoms with Crippen molar-refractivity contribution in [2.24, 2.45) is 0 Å². The summed E-state index contributed by atoms with van der Waals surface area (Å²) in [4.78, 5) is 0. The molecule has 0 spiro atoms. The molecule has 0 nitrogen and oxygen atoms in total. The first-order chi connectivity index (χ1) is 20.5. The fourth-order valence-corrected chi connectivity index (χ4v) is 6.65. The van der Waals surface area contributed by atoms with Crippen molar-refractivity contribution in [3.05, 3.63) is 144 Å². The predicted molar refractivity (Wildman–Crippen MR) is 186 cm³/mol. The molecule has 0 aliphatic carbocycles. The molecule has 1 atom stereocenters. The highest BCUT2D eigenvalue weighted by atomic mass is 14.1. The van der Waals surface area contributed by atoms with Crippen LogP contribution in [0.5, 0.6) is 0 Å². The van der Waals surface area contributed by atoms with Crippen molar-refractivity contribution >= 4 is 64.6 Å². The van der Waals surface area contributed by atoms with Crippen molar-refractivity contribution in [1.29, 1.82) is 0 Å². The molecule has 1 unspecified atom stereocenters. The third-order valence-corrected chi connectivity index (χ3v) is 9.10. The first-order valence-electron chi connectivity index (χ1n) is 15.2. The second kappa shape index (κ2) is 10.6. The van der Waals surface area contributed by atoms with Crippen molar-refractivity contribution in [3.8, 4) is 0 Å². The van der Waals surface area contributed by atoms with Gasteiger partial charge >= 0.3 is 0 Å². The van der Waals surface area contributed by atoms with Gasteiger partial charge in [0.2, 0.25) is 0 Å². The van der Waals surface area contributed by atoms with E-state index in [1.165, 1.54) is 87.7 Å². The number of benzene rings is 8. The molecule has 0 fully saturated rings. The molecule has 0 heterocycles. The summed E-state index contributed by atoms with van der Waals surface area (Å²) in [5, 5.41) is 16.3. The lowest BCUT2D eigenvalue weighted by atomic mass is 9.90. The molecule has 0 radical (unpaired) electrons. The fourth-order valence-electron chi connectivity index (χ4n) is 6.65. The van der Waals surface area contributed by atoms with Gasteiger partial charge in [-0.05, 0) is 96.4 Å². The summed E-state index contributed by atoms with van der Waals surface area (Å²) in [5.74, 6) is 0.606. The largest absolute Gasteiger partial charge is 0.0648 e. The van der Waals surface area contributed by atoms with Crippen LogP contribution in [0.1, 0.15) is 42.9 Å². The van der Waals surface area contributed by atoms with Crippen LogP contribution in [0.2, 0.25) is 0 Å². The average molecular weight is 541 g/mol. The smallest absolute Gasteiger partial charge is 0.00961 e. The van der Waals surface area contributed by atoms with Gasteiger partial charge in [0.25, 0.3) is 0 Å². The molecular formula is C42H36. The molecule has 8 aromatic carbocycles. The average Bonchev–Trinajstić information content (AvgIpc) is 3.04. The van der Waals surface area contributed by atoms with Gasteiger partial charge in [-0.1, -0.05) is 152 Å². The van der Waals surface area contributed by atoms with Gasteiger partial charge in [-0.2, -0.15) is 0 Å². The van der Waals surface area contributed by atoms with E-state index >= 15 is 0 Å². The lowest BCUT2D eigenvalue weighted by Crippen LogP contribution is -1.92. The zero-order valence-electron chi connectivity index (χ0n) is 24.9. The van der Waals surface area contributed by atoms with Crippen LogP contribution in [0.25, 0.3) is 64.6 Å². The number of hydrogen-bond donors (Lipinski definition) is 0. The molecule has 8 aromatic rings. The van der Waals surface area contributed by atoms with E-state index < -0.39 is 0 Å². The highest BCUT2D eigenvalue weighted by molar-refractivity contribution is 6.26. The summed E-state index contributed by atoms with van der Waals surface area (Å²) < 4.78 is 0. The van der Waals surface area contributed by atoms with E-state index in [1.807, 2.05) is 0 Å². The minimum absolute atomic E-state index is 0.606. The fraction of sp³-hybridized carbons (Fsp3) is 0.143. The van der Waals surface area contributed by atoms with Crippen LogP contribution in [-0.4, -0.2) is 0 Å². The van der Waals surface area contributed by atoms with Crippen LogP contribution in [0, 0.1) is 13.8 Å². The maximum absolute atomic E-state index is 2.40. The molecule has 0 N–H and O–H groups in total. The van der Waals surface area contributed by atoms with Crippen molar-refractivity contribution in [1.82, 2.24) is 0 Å². The Hall–Kier alpha value is -4.68. The third-order valence-electron chi connectivity index (χ3n) is 9.10. The van der Waals surface area contributed by atoms with E-state index in [-0.39, 0.29) is 0 Å². The highest BCUT2D eigenvalue weighted by Crippen LogP contribution is 2.37. The zero-order valence-corrected chi connectivity index (χ0v) is 24.9. The zero-order chi connectivity index (χ0) is 28.8. The maximum atomic E-state index is 2.40. The van der Waals surface area contributed by atoms with Crippen LogP contribution < -0.4 is 0 Å². The van der Waals surface area contributed by atoms with Crippen LogP contribution >= 0.6 is 0 Å². The normalized spacial score (nSPS) is 12.3. The van der Waals surface area contributed by atoms with Gasteiger partial charge in [0.1, 0.15) is 0 Å². The number of rotatable bonds is 2. The second-order valence-corrected chi connectivity index (χ2v) is 11.8. The number of hydrogen-bond acceptors (Lipinski definition) is 0. The van der Waals surface area contributed by atoms with E-state index in [1.54, 1.807) is 0 Å². The molecule has 0 heteroatoms. The van der Waals surface area contributed by atoms with Gasteiger partial charge in [-0.3, -0.25) is 0 Å². The lowest BCUT2D eigenvalue weighted by molar-refractivity contribution is 0.735. The molecule has 0 saturated heterocycles. The van der Waals surface area contributed by atoms with E-state index in [2.05, 4.69) is 155 Å². The first kappa shape index (κ1) is 26.2. The van der Waals surface area contributed by atoms with E-state index in [0.717, 1.165) is 0 Å². The van der Waals surface area contributed by atoms with Crippen molar-refractivity contribution in [2.75, 3.05) is 0 Å². The Labute approximate surface area is 248 Å². The minimum Gasteiger partial charge on any atom is -0.0648 e. The van der Waals surface area contributed by atoms with Crippen LogP contribution in [0.3, 0.4) is 0 Å². The second-order valence-electron chi connectivity index (χ2n) is 11.8. The molecule has 0 amide bonds. The summed E-state index contributed by atoms with van der Waals surface area (Å²) in [7, 11) is 0. The summed E-state index contributed by atoms with van der Waals surface area (Å²) >= 11 is 0. The molecule has 0 bridgehead atoms. The van der Waals surface area contributed by atoms with E-state index in [0.29, 0.717) is 5.92 Å². The topological polar surface area (TPSA) is 0 Å². The Morgan fingerprint density at radius 3 is 1.07 bits per heavy atom. The van der Waals surface area contributed by atoms with Crippen molar-refractivity contribution in [2.45, 2.75) is 40.0 Å². The van der Waals surface area contributed by atoms with Crippen molar-refractivity contribution in [3.63, 3.8) is 0 Å². The molecule has 204 valence electrons. The maximum Gasteiger partial charge on any atom is -0.00961 e. The summed E-state index contributed by atoms with van der Waals surface area (Å²) in [6, 6.07) is 46.8.